The van der Waals surface area contributed by atoms with Crippen LogP contribution in [0.1, 0.15) is 19.5 Å². The smallest absolute Gasteiger partial charge is 0.341 e. The minimum Gasteiger partial charge on any atom is -0.465 e. The molecule has 2 aromatic rings. The topological polar surface area (TPSA) is 103 Å². The van der Waals surface area contributed by atoms with Gasteiger partial charge in [0.25, 0.3) is 0 Å². The van der Waals surface area contributed by atoms with E-state index in [1.807, 2.05) is 6.20 Å². The van der Waals surface area contributed by atoms with Crippen molar-refractivity contribution in [3.8, 4) is 11.1 Å². The Bertz CT molecular complexity index is 729. The summed E-state index contributed by atoms with van der Waals surface area (Å²) in [4.78, 5) is 15.9. The van der Waals surface area contributed by atoms with Gasteiger partial charge in [0.05, 0.1) is 31.1 Å². The first-order valence-corrected chi connectivity index (χ1v) is 7.06. The van der Waals surface area contributed by atoms with E-state index in [4.69, 9.17) is 10.5 Å². The number of rotatable bonds is 5. The van der Waals surface area contributed by atoms with Crippen molar-refractivity contribution in [3.05, 3.63) is 42.6 Å². The maximum Gasteiger partial charge on any atom is 0.341 e. The van der Waals surface area contributed by atoms with Crippen LogP contribution in [-0.4, -0.2) is 38.6 Å². The molecular formula is C16H20N4O3. The Morgan fingerprint density at radius 1 is 1.48 bits per heavy atom. The molecule has 0 unspecified atom stereocenters. The highest BCUT2D eigenvalue weighted by atomic mass is 16.5. The molecule has 0 spiro atoms. The number of esters is 1. The van der Waals surface area contributed by atoms with Crippen molar-refractivity contribution in [1.82, 2.24) is 14.8 Å². The number of aliphatic hydroxyl groups is 1. The second kappa shape index (κ2) is 6.62. The number of carbonyl (C=O) groups excluding carboxylic acids is 1. The van der Waals surface area contributed by atoms with E-state index in [2.05, 4.69) is 10.1 Å². The molecule has 0 saturated carbocycles. The Labute approximate surface area is 134 Å². The fourth-order valence-electron chi connectivity index (χ4n) is 2.12. The van der Waals surface area contributed by atoms with E-state index >= 15 is 0 Å². The van der Waals surface area contributed by atoms with Crippen molar-refractivity contribution < 1.29 is 14.6 Å². The van der Waals surface area contributed by atoms with Crippen LogP contribution >= 0.6 is 0 Å². The molecule has 0 aliphatic rings. The van der Waals surface area contributed by atoms with Gasteiger partial charge in [0.1, 0.15) is 5.57 Å². The lowest BCUT2D eigenvalue weighted by Crippen LogP contribution is -2.26. The van der Waals surface area contributed by atoms with Gasteiger partial charge < -0.3 is 15.6 Å². The summed E-state index contributed by atoms with van der Waals surface area (Å²) in [6.07, 6.45) is 6.27. The molecule has 0 bridgehead atoms. The molecule has 2 aromatic heterocycles. The van der Waals surface area contributed by atoms with Crippen molar-refractivity contribution in [2.24, 2.45) is 5.73 Å². The molecule has 0 radical (unpaired) electrons. The van der Waals surface area contributed by atoms with Gasteiger partial charge in [-0.2, -0.15) is 5.10 Å². The average Bonchev–Trinajstić information content (AvgIpc) is 2.94. The Balaban J connectivity index is 2.32. The lowest BCUT2D eigenvalue weighted by molar-refractivity contribution is -0.133. The van der Waals surface area contributed by atoms with Crippen LogP contribution in [0.3, 0.4) is 0 Å². The molecule has 2 heterocycles. The van der Waals surface area contributed by atoms with Crippen LogP contribution in [0.25, 0.3) is 16.7 Å². The highest BCUT2D eigenvalue weighted by Crippen LogP contribution is 2.22. The van der Waals surface area contributed by atoms with Crippen molar-refractivity contribution in [1.29, 1.82) is 0 Å². The first kappa shape index (κ1) is 16.7. The predicted molar refractivity (Wildman–Crippen MR) is 85.9 cm³/mol. The zero-order chi connectivity index (χ0) is 17.0. The number of hydrogen-bond acceptors (Lipinski definition) is 6. The van der Waals surface area contributed by atoms with Crippen LogP contribution in [0.5, 0.6) is 0 Å². The van der Waals surface area contributed by atoms with Crippen LogP contribution < -0.4 is 5.73 Å². The molecule has 0 amide bonds. The van der Waals surface area contributed by atoms with E-state index in [0.29, 0.717) is 12.2 Å². The quantitative estimate of drug-likeness (QED) is 0.634. The minimum atomic E-state index is -0.854. The van der Waals surface area contributed by atoms with E-state index in [1.165, 1.54) is 13.3 Å². The Hall–Kier alpha value is -2.67. The summed E-state index contributed by atoms with van der Waals surface area (Å²) in [7, 11) is 1.29. The van der Waals surface area contributed by atoms with Crippen LogP contribution in [0.4, 0.5) is 0 Å². The average molecular weight is 316 g/mol. The zero-order valence-electron chi connectivity index (χ0n) is 13.4. The number of pyridine rings is 1. The standard InChI is InChI=1S/C16H20N4O3/c1-16(2,22)10-20-9-12(8-19-20)11-4-5-18-14(6-11)13(7-17)15(21)23-3/h4-9,22H,10,17H2,1-3H3/b13-7+. The molecule has 0 aromatic carbocycles. The number of nitrogens with two attached hydrogens (primary N) is 1. The van der Waals surface area contributed by atoms with Crippen LogP contribution in [0.15, 0.2) is 36.9 Å². The molecule has 0 saturated heterocycles. The number of hydrogen-bond donors (Lipinski definition) is 2. The van der Waals surface area contributed by atoms with E-state index in [-0.39, 0.29) is 5.57 Å². The molecule has 3 N–H and O–H groups in total. The van der Waals surface area contributed by atoms with Crippen molar-refractivity contribution in [3.63, 3.8) is 0 Å². The number of aromatic nitrogens is 3. The monoisotopic (exact) mass is 316 g/mol. The highest BCUT2D eigenvalue weighted by molar-refractivity contribution is 6.15. The lowest BCUT2D eigenvalue weighted by Gasteiger charge is -2.16. The van der Waals surface area contributed by atoms with Gasteiger partial charge in [0.15, 0.2) is 0 Å². The largest absolute Gasteiger partial charge is 0.465 e. The summed E-state index contributed by atoms with van der Waals surface area (Å²) in [6.45, 7) is 3.81. The molecule has 2 rings (SSSR count). The van der Waals surface area contributed by atoms with Gasteiger partial charge in [-0.3, -0.25) is 9.67 Å². The van der Waals surface area contributed by atoms with E-state index in [9.17, 15) is 9.90 Å². The SMILES string of the molecule is COC(=O)/C(=C/N)c1cc(-c2cnn(CC(C)(C)O)c2)ccn1. The van der Waals surface area contributed by atoms with Gasteiger partial charge in [-0.15, -0.1) is 0 Å². The number of ether oxygens (including phenoxy) is 1. The fraction of sp³-hybridized carbons (Fsp3) is 0.312. The molecule has 23 heavy (non-hydrogen) atoms. The third kappa shape index (κ3) is 4.17. The molecule has 122 valence electrons. The van der Waals surface area contributed by atoms with E-state index in [0.717, 1.165) is 11.1 Å². The van der Waals surface area contributed by atoms with Crippen molar-refractivity contribution >= 4 is 11.5 Å². The van der Waals surface area contributed by atoms with Crippen LogP contribution in [-0.2, 0) is 16.1 Å². The van der Waals surface area contributed by atoms with Crippen molar-refractivity contribution in [2.75, 3.05) is 7.11 Å². The Kier molecular flexibility index (Phi) is 4.80. The zero-order valence-corrected chi connectivity index (χ0v) is 13.4. The summed E-state index contributed by atoms with van der Waals surface area (Å²) < 4.78 is 6.35. The second-order valence-electron chi connectivity index (χ2n) is 5.74. The number of carbonyl (C=O) groups is 1. The summed E-state index contributed by atoms with van der Waals surface area (Å²) in [5.74, 6) is -0.546. The maximum absolute atomic E-state index is 11.7. The molecule has 7 nitrogen and oxygen atoms in total. The van der Waals surface area contributed by atoms with Crippen LogP contribution in [0, 0.1) is 0 Å². The maximum atomic E-state index is 11.7. The third-order valence-corrected chi connectivity index (χ3v) is 3.12. The second-order valence-corrected chi connectivity index (χ2v) is 5.74. The number of nitrogens with zero attached hydrogens (tertiary/aromatic N) is 3. The molecule has 7 heteroatoms. The van der Waals surface area contributed by atoms with Gasteiger partial charge in [-0.1, -0.05) is 0 Å². The number of methoxy groups -OCH3 is 1. The molecular weight excluding hydrogens is 296 g/mol. The Morgan fingerprint density at radius 3 is 2.83 bits per heavy atom. The summed E-state index contributed by atoms with van der Waals surface area (Å²) in [5, 5.41) is 14.1. The molecule has 0 aliphatic heterocycles. The van der Waals surface area contributed by atoms with E-state index < -0.39 is 11.6 Å². The Morgan fingerprint density at radius 2 is 2.22 bits per heavy atom. The van der Waals surface area contributed by atoms with Gasteiger partial charge in [-0.05, 0) is 31.5 Å². The first-order valence-electron chi connectivity index (χ1n) is 7.06. The van der Waals surface area contributed by atoms with Gasteiger partial charge in [0.2, 0.25) is 0 Å². The summed E-state index contributed by atoms with van der Waals surface area (Å²) in [5.41, 5.74) is 6.94. The molecule has 0 atom stereocenters. The minimum absolute atomic E-state index is 0.193. The molecule has 0 aliphatic carbocycles. The lowest BCUT2D eigenvalue weighted by atomic mass is 10.1. The highest BCUT2D eigenvalue weighted by Gasteiger charge is 2.16. The van der Waals surface area contributed by atoms with Gasteiger partial charge in [0, 0.05) is 24.2 Å². The van der Waals surface area contributed by atoms with Gasteiger partial charge >= 0.3 is 5.97 Å². The fourth-order valence-corrected chi connectivity index (χ4v) is 2.12. The summed E-state index contributed by atoms with van der Waals surface area (Å²) in [6, 6.07) is 3.54. The third-order valence-electron chi connectivity index (χ3n) is 3.12. The van der Waals surface area contributed by atoms with E-state index in [1.54, 1.807) is 43.1 Å². The normalized spacial score (nSPS) is 12.3. The van der Waals surface area contributed by atoms with Gasteiger partial charge in [-0.25, -0.2) is 4.79 Å². The first-order chi connectivity index (χ1) is 10.8. The van der Waals surface area contributed by atoms with Crippen LogP contribution in [0.2, 0.25) is 0 Å². The predicted octanol–water partition coefficient (Wildman–Crippen LogP) is 1.19. The van der Waals surface area contributed by atoms with Crippen molar-refractivity contribution in [2.45, 2.75) is 26.0 Å². The molecule has 0 fully saturated rings. The summed E-state index contributed by atoms with van der Waals surface area (Å²) >= 11 is 0.